The summed E-state index contributed by atoms with van der Waals surface area (Å²) in [6, 6.07) is 0.265. The monoisotopic (exact) mass is 198 g/mol. The molecule has 0 fully saturated rings. The Labute approximate surface area is 84.8 Å². The number of nitrogens with two attached hydrogens (primary N) is 1. The van der Waals surface area contributed by atoms with Gasteiger partial charge in [-0.05, 0) is 38.6 Å². The van der Waals surface area contributed by atoms with Crippen molar-refractivity contribution in [1.29, 1.82) is 0 Å². The summed E-state index contributed by atoms with van der Waals surface area (Å²) in [6.07, 6.45) is 4.42. The first-order valence-electron chi connectivity index (χ1n) is 4.60. The van der Waals surface area contributed by atoms with Gasteiger partial charge in [-0.2, -0.15) is 0 Å². The zero-order valence-electron chi connectivity index (χ0n) is 8.34. The summed E-state index contributed by atoms with van der Waals surface area (Å²) in [5.41, 5.74) is 8.21. The molecule has 0 saturated carbocycles. The van der Waals surface area contributed by atoms with Gasteiger partial charge in [0.15, 0.2) is 0 Å². The molecular weight excluding hydrogens is 180 g/mol. The number of rotatable bonds is 3. The van der Waals surface area contributed by atoms with Gasteiger partial charge in [-0.25, -0.2) is 0 Å². The van der Waals surface area contributed by atoms with E-state index in [-0.39, 0.29) is 6.04 Å². The lowest BCUT2D eigenvalue weighted by Gasteiger charge is -2.24. The minimum absolute atomic E-state index is 0.265. The minimum atomic E-state index is 0.265. The number of hydrogen-bond acceptors (Lipinski definition) is 3. The van der Waals surface area contributed by atoms with Crippen LogP contribution in [0.5, 0.6) is 0 Å². The Hall–Kier alpha value is -0.410. The molecule has 0 spiro atoms. The van der Waals surface area contributed by atoms with Crippen molar-refractivity contribution in [3.63, 3.8) is 0 Å². The van der Waals surface area contributed by atoms with Gasteiger partial charge < -0.3 is 10.5 Å². The maximum absolute atomic E-state index is 5.82. The van der Waals surface area contributed by atoms with Gasteiger partial charge in [0.25, 0.3) is 0 Å². The highest BCUT2D eigenvalue weighted by molar-refractivity contribution is 7.98. The molecule has 3 N–H and O–H groups in total. The van der Waals surface area contributed by atoms with E-state index in [1.807, 2.05) is 6.92 Å². The molecule has 1 aliphatic rings. The Morgan fingerprint density at radius 1 is 1.69 bits per heavy atom. The van der Waals surface area contributed by atoms with Crippen LogP contribution >= 0.6 is 11.9 Å². The third-order valence-corrected chi connectivity index (χ3v) is 3.48. The van der Waals surface area contributed by atoms with Crippen LogP contribution in [0.1, 0.15) is 26.7 Å². The maximum Gasteiger partial charge on any atom is 0.0453 e. The van der Waals surface area contributed by atoms with Crippen LogP contribution in [0.2, 0.25) is 0 Å². The molecule has 2 unspecified atom stereocenters. The first-order valence-corrected chi connectivity index (χ1v) is 5.48. The SMILES string of the molecule is C=C(C)NSC1CCC(N)C=C1C. The first kappa shape index (κ1) is 10.7. The van der Waals surface area contributed by atoms with Gasteiger partial charge in [0.05, 0.1) is 0 Å². The largest absolute Gasteiger partial charge is 0.334 e. The minimum Gasteiger partial charge on any atom is -0.334 e. The third-order valence-electron chi connectivity index (χ3n) is 2.12. The maximum atomic E-state index is 5.82. The lowest BCUT2D eigenvalue weighted by atomic mass is 9.97. The summed E-state index contributed by atoms with van der Waals surface area (Å²) in [5, 5.41) is 0.566. The average Bonchev–Trinajstić information content (AvgIpc) is 2.02. The van der Waals surface area contributed by atoms with Crippen LogP contribution in [0.4, 0.5) is 0 Å². The van der Waals surface area contributed by atoms with Crippen LogP contribution in [0.15, 0.2) is 23.9 Å². The Bertz CT molecular complexity index is 223. The lowest BCUT2D eigenvalue weighted by molar-refractivity contribution is 0.633. The molecule has 0 bridgehead atoms. The fourth-order valence-electron chi connectivity index (χ4n) is 1.42. The van der Waals surface area contributed by atoms with Crippen LogP contribution < -0.4 is 10.5 Å². The van der Waals surface area contributed by atoms with Gasteiger partial charge in [-0.15, -0.1) is 0 Å². The predicted octanol–water partition coefficient (Wildman–Crippen LogP) is 2.19. The standard InChI is InChI=1S/C10H18N2S/c1-7(2)12-13-10-5-4-9(11)6-8(10)3/h6,9-10,12H,1,4-5,11H2,2-3H3. The summed E-state index contributed by atoms with van der Waals surface area (Å²) in [7, 11) is 0. The number of allylic oxidation sites excluding steroid dienone is 1. The second kappa shape index (κ2) is 4.72. The summed E-state index contributed by atoms with van der Waals surface area (Å²) in [5.74, 6) is 0. The first-order chi connectivity index (χ1) is 6.09. The molecule has 0 aliphatic heterocycles. The fraction of sp³-hybridized carbons (Fsp3) is 0.600. The highest BCUT2D eigenvalue weighted by atomic mass is 32.2. The third kappa shape index (κ3) is 3.44. The van der Waals surface area contributed by atoms with Crippen molar-refractivity contribution in [3.8, 4) is 0 Å². The Kier molecular flexibility index (Phi) is 3.88. The molecule has 0 saturated heterocycles. The van der Waals surface area contributed by atoms with Crippen molar-refractivity contribution >= 4 is 11.9 Å². The fourth-order valence-corrected chi connectivity index (χ4v) is 2.29. The van der Waals surface area contributed by atoms with Gasteiger partial charge in [-0.3, -0.25) is 0 Å². The molecule has 1 aliphatic carbocycles. The van der Waals surface area contributed by atoms with E-state index in [9.17, 15) is 0 Å². The Morgan fingerprint density at radius 3 is 2.92 bits per heavy atom. The van der Waals surface area contributed by atoms with E-state index in [4.69, 9.17) is 5.73 Å². The van der Waals surface area contributed by atoms with E-state index in [2.05, 4.69) is 24.3 Å². The van der Waals surface area contributed by atoms with Crippen molar-refractivity contribution in [3.05, 3.63) is 23.9 Å². The molecule has 0 aromatic heterocycles. The van der Waals surface area contributed by atoms with Crippen LogP contribution in [0, 0.1) is 0 Å². The van der Waals surface area contributed by atoms with Gasteiger partial charge >= 0.3 is 0 Å². The van der Waals surface area contributed by atoms with Crippen molar-refractivity contribution in [2.24, 2.45) is 5.73 Å². The summed E-state index contributed by atoms with van der Waals surface area (Å²) >= 11 is 1.74. The van der Waals surface area contributed by atoms with Gasteiger partial charge in [-0.1, -0.05) is 18.2 Å². The molecule has 0 aromatic carbocycles. The summed E-state index contributed by atoms with van der Waals surface area (Å²) in [4.78, 5) is 0. The molecule has 0 radical (unpaired) electrons. The van der Waals surface area contributed by atoms with E-state index in [0.717, 1.165) is 18.5 Å². The van der Waals surface area contributed by atoms with Crippen LogP contribution in [0.25, 0.3) is 0 Å². The average molecular weight is 198 g/mol. The van der Waals surface area contributed by atoms with E-state index in [0.29, 0.717) is 5.25 Å². The molecule has 3 heteroatoms. The van der Waals surface area contributed by atoms with Gasteiger partial charge in [0.2, 0.25) is 0 Å². The normalized spacial score (nSPS) is 28.1. The highest BCUT2D eigenvalue weighted by Gasteiger charge is 2.18. The lowest BCUT2D eigenvalue weighted by Crippen LogP contribution is -2.26. The second-order valence-electron chi connectivity index (χ2n) is 3.64. The Balaban J connectivity index is 2.43. The van der Waals surface area contributed by atoms with Crippen molar-refractivity contribution in [2.75, 3.05) is 0 Å². The van der Waals surface area contributed by atoms with Gasteiger partial charge in [0, 0.05) is 17.0 Å². The molecular formula is C10H18N2S. The van der Waals surface area contributed by atoms with Crippen molar-refractivity contribution in [2.45, 2.75) is 38.0 Å². The number of hydrogen-bond donors (Lipinski definition) is 2. The predicted molar refractivity (Wildman–Crippen MR) is 60.3 cm³/mol. The number of nitrogens with one attached hydrogen (secondary N) is 1. The van der Waals surface area contributed by atoms with Crippen molar-refractivity contribution in [1.82, 2.24) is 4.72 Å². The smallest absolute Gasteiger partial charge is 0.0453 e. The van der Waals surface area contributed by atoms with Crippen molar-refractivity contribution < 1.29 is 0 Å². The van der Waals surface area contributed by atoms with Crippen LogP contribution in [-0.4, -0.2) is 11.3 Å². The molecule has 74 valence electrons. The van der Waals surface area contributed by atoms with Crippen LogP contribution in [0.3, 0.4) is 0 Å². The van der Waals surface area contributed by atoms with Gasteiger partial charge in [0.1, 0.15) is 0 Å². The van der Waals surface area contributed by atoms with E-state index in [1.165, 1.54) is 5.57 Å². The zero-order valence-corrected chi connectivity index (χ0v) is 9.16. The molecule has 1 rings (SSSR count). The summed E-state index contributed by atoms with van der Waals surface area (Å²) in [6.45, 7) is 7.93. The van der Waals surface area contributed by atoms with E-state index < -0.39 is 0 Å². The molecule has 0 aromatic rings. The molecule has 2 nitrogen and oxygen atoms in total. The van der Waals surface area contributed by atoms with E-state index in [1.54, 1.807) is 11.9 Å². The van der Waals surface area contributed by atoms with E-state index >= 15 is 0 Å². The second-order valence-corrected chi connectivity index (χ2v) is 4.65. The summed E-state index contributed by atoms with van der Waals surface area (Å²) < 4.78 is 3.20. The quantitative estimate of drug-likeness (QED) is 0.539. The molecule has 2 atom stereocenters. The topological polar surface area (TPSA) is 38.0 Å². The molecule has 0 amide bonds. The van der Waals surface area contributed by atoms with Crippen LogP contribution in [-0.2, 0) is 0 Å². The Morgan fingerprint density at radius 2 is 2.38 bits per heavy atom. The highest BCUT2D eigenvalue weighted by Crippen LogP contribution is 2.27. The zero-order chi connectivity index (χ0) is 9.84. The molecule has 13 heavy (non-hydrogen) atoms. The molecule has 0 heterocycles.